The lowest BCUT2D eigenvalue weighted by molar-refractivity contribution is -0.118. The highest BCUT2D eigenvalue weighted by Gasteiger charge is 2.56. The first-order valence-electron chi connectivity index (χ1n) is 5.06. The average molecular weight is 221 g/mol. The summed E-state index contributed by atoms with van der Waals surface area (Å²) in [5.74, 6) is -1.17. The van der Waals surface area contributed by atoms with Crippen LogP contribution in [0.3, 0.4) is 0 Å². The van der Waals surface area contributed by atoms with Crippen LogP contribution in [0.4, 0.5) is 11.4 Å². The second-order valence-electron chi connectivity index (χ2n) is 4.27. The highest BCUT2D eigenvalue weighted by molar-refractivity contribution is 6.12. The molecule has 1 aromatic rings. The molecule has 3 N–H and O–H groups in total. The number of aromatic nitrogens is 1. The predicted octanol–water partition coefficient (Wildman–Crippen LogP) is 0.634. The number of nitrogens with zero attached hydrogens (tertiary/aromatic N) is 1. The molecule has 0 atom stereocenters. The standard InChI is InChI=1S/C10H11N3O3/c1-13-5-4-11-7(8(14)15)6(5)12-9(16)10(13)2-3-10/h4,11H,2-3H2,1H3,(H,12,16)(H,14,15). The number of carboxylic acids is 1. The summed E-state index contributed by atoms with van der Waals surface area (Å²) < 4.78 is 0. The highest BCUT2D eigenvalue weighted by Crippen LogP contribution is 2.49. The molecular formula is C10H11N3O3. The molecule has 0 bridgehead atoms. The van der Waals surface area contributed by atoms with E-state index in [2.05, 4.69) is 10.3 Å². The Bertz CT molecular complexity index is 501. The minimum absolute atomic E-state index is 0.0331. The van der Waals surface area contributed by atoms with Crippen LogP contribution in [0.25, 0.3) is 0 Å². The number of rotatable bonds is 1. The van der Waals surface area contributed by atoms with Gasteiger partial charge in [-0.1, -0.05) is 0 Å². The molecule has 0 unspecified atom stereocenters. The molecule has 1 aliphatic heterocycles. The van der Waals surface area contributed by atoms with Crippen LogP contribution in [0.15, 0.2) is 6.20 Å². The number of carboxylic acid groups (broad SMARTS) is 1. The van der Waals surface area contributed by atoms with E-state index >= 15 is 0 Å². The Kier molecular flexibility index (Phi) is 1.49. The summed E-state index contributed by atoms with van der Waals surface area (Å²) in [7, 11) is 1.82. The minimum Gasteiger partial charge on any atom is -0.477 e. The normalized spacial score (nSPS) is 20.6. The van der Waals surface area contributed by atoms with Crippen LogP contribution < -0.4 is 10.2 Å². The summed E-state index contributed by atoms with van der Waals surface area (Å²) in [4.78, 5) is 27.3. The average Bonchev–Trinajstić information content (AvgIpc) is 2.91. The number of hydrogen-bond acceptors (Lipinski definition) is 3. The Morgan fingerprint density at radius 2 is 2.25 bits per heavy atom. The fourth-order valence-corrected chi connectivity index (χ4v) is 2.27. The molecule has 6 heteroatoms. The van der Waals surface area contributed by atoms with E-state index < -0.39 is 11.5 Å². The monoisotopic (exact) mass is 221 g/mol. The molecule has 1 saturated carbocycles. The van der Waals surface area contributed by atoms with E-state index in [0.717, 1.165) is 18.5 Å². The first kappa shape index (κ1) is 9.26. The van der Waals surface area contributed by atoms with Gasteiger partial charge in [-0.05, 0) is 12.8 Å². The zero-order valence-corrected chi connectivity index (χ0v) is 8.70. The minimum atomic E-state index is -1.07. The van der Waals surface area contributed by atoms with Gasteiger partial charge in [0.1, 0.15) is 5.54 Å². The maximum Gasteiger partial charge on any atom is 0.354 e. The van der Waals surface area contributed by atoms with Gasteiger partial charge in [-0.15, -0.1) is 0 Å². The van der Waals surface area contributed by atoms with Gasteiger partial charge in [0.2, 0.25) is 5.91 Å². The van der Waals surface area contributed by atoms with E-state index in [-0.39, 0.29) is 11.6 Å². The SMILES string of the molecule is CN1c2c[nH]c(C(=O)O)c2NC(=O)C12CC2. The summed E-state index contributed by atoms with van der Waals surface area (Å²) in [6, 6.07) is 0. The van der Waals surface area contributed by atoms with Crippen molar-refractivity contribution in [2.75, 3.05) is 17.3 Å². The lowest BCUT2D eigenvalue weighted by Crippen LogP contribution is -2.48. The van der Waals surface area contributed by atoms with Crippen molar-refractivity contribution in [1.29, 1.82) is 0 Å². The highest BCUT2D eigenvalue weighted by atomic mass is 16.4. The molecule has 2 aliphatic rings. The maximum absolute atomic E-state index is 11.9. The Morgan fingerprint density at radius 3 is 2.81 bits per heavy atom. The van der Waals surface area contributed by atoms with Gasteiger partial charge in [-0.25, -0.2) is 4.79 Å². The number of aromatic amines is 1. The smallest absolute Gasteiger partial charge is 0.354 e. The zero-order chi connectivity index (χ0) is 11.5. The van der Waals surface area contributed by atoms with E-state index in [1.807, 2.05) is 11.9 Å². The molecule has 1 fully saturated rings. The van der Waals surface area contributed by atoms with Crippen molar-refractivity contribution in [2.45, 2.75) is 18.4 Å². The van der Waals surface area contributed by atoms with E-state index in [0.29, 0.717) is 5.69 Å². The molecule has 2 heterocycles. The third kappa shape index (κ3) is 0.911. The van der Waals surface area contributed by atoms with Gasteiger partial charge in [0.05, 0.1) is 11.4 Å². The second kappa shape index (κ2) is 2.58. The van der Waals surface area contributed by atoms with Crippen molar-refractivity contribution in [1.82, 2.24) is 4.98 Å². The third-order valence-electron chi connectivity index (χ3n) is 3.46. The predicted molar refractivity (Wildman–Crippen MR) is 56.7 cm³/mol. The number of carbonyl (C=O) groups is 2. The number of fused-ring (bicyclic) bond motifs is 1. The summed E-state index contributed by atoms with van der Waals surface area (Å²) in [6.07, 6.45) is 3.27. The second-order valence-corrected chi connectivity index (χ2v) is 4.27. The van der Waals surface area contributed by atoms with Crippen LogP contribution in [0, 0.1) is 0 Å². The fourth-order valence-electron chi connectivity index (χ4n) is 2.27. The fraction of sp³-hybridized carbons (Fsp3) is 0.400. The van der Waals surface area contributed by atoms with Gasteiger partial charge < -0.3 is 20.3 Å². The van der Waals surface area contributed by atoms with Crippen molar-refractivity contribution in [3.05, 3.63) is 11.9 Å². The summed E-state index contributed by atoms with van der Waals surface area (Å²) in [5.41, 5.74) is 0.711. The van der Waals surface area contributed by atoms with E-state index in [1.165, 1.54) is 0 Å². The molecule has 6 nitrogen and oxygen atoms in total. The molecular weight excluding hydrogens is 210 g/mol. The Morgan fingerprint density at radius 1 is 1.56 bits per heavy atom. The topological polar surface area (TPSA) is 85.4 Å². The molecule has 1 aromatic heterocycles. The largest absolute Gasteiger partial charge is 0.477 e. The summed E-state index contributed by atoms with van der Waals surface area (Å²) in [6.45, 7) is 0. The number of anilines is 2. The Hall–Kier alpha value is -1.98. The van der Waals surface area contributed by atoms with Gasteiger partial charge in [0.15, 0.2) is 5.69 Å². The quantitative estimate of drug-likeness (QED) is 0.649. The van der Waals surface area contributed by atoms with Crippen molar-refractivity contribution in [3.8, 4) is 0 Å². The van der Waals surface area contributed by atoms with E-state index in [1.54, 1.807) is 6.20 Å². The van der Waals surface area contributed by atoms with Crippen molar-refractivity contribution in [2.24, 2.45) is 0 Å². The molecule has 1 spiro atoms. The lowest BCUT2D eigenvalue weighted by atomic mass is 10.1. The van der Waals surface area contributed by atoms with Crippen LogP contribution in [-0.4, -0.2) is 34.6 Å². The van der Waals surface area contributed by atoms with Gasteiger partial charge >= 0.3 is 5.97 Å². The van der Waals surface area contributed by atoms with Crippen LogP contribution in [-0.2, 0) is 4.79 Å². The number of hydrogen-bond donors (Lipinski definition) is 3. The van der Waals surface area contributed by atoms with Crippen LogP contribution >= 0.6 is 0 Å². The molecule has 0 aromatic carbocycles. The van der Waals surface area contributed by atoms with Crippen molar-refractivity contribution < 1.29 is 14.7 Å². The van der Waals surface area contributed by atoms with Crippen LogP contribution in [0.5, 0.6) is 0 Å². The summed E-state index contributed by atoms with van der Waals surface area (Å²) in [5, 5.41) is 11.6. The number of likely N-dealkylation sites (N-methyl/N-ethyl adjacent to an activating group) is 1. The lowest BCUT2D eigenvalue weighted by Gasteiger charge is -2.33. The Labute approximate surface area is 91.2 Å². The van der Waals surface area contributed by atoms with Crippen molar-refractivity contribution >= 4 is 23.3 Å². The summed E-state index contributed by atoms with van der Waals surface area (Å²) >= 11 is 0. The van der Waals surface area contributed by atoms with E-state index in [9.17, 15) is 9.59 Å². The van der Waals surface area contributed by atoms with Gasteiger partial charge in [0.25, 0.3) is 0 Å². The molecule has 16 heavy (non-hydrogen) atoms. The van der Waals surface area contributed by atoms with Gasteiger partial charge in [-0.3, -0.25) is 4.79 Å². The molecule has 1 aliphatic carbocycles. The molecule has 0 saturated heterocycles. The molecule has 1 amide bonds. The Balaban J connectivity index is 2.13. The number of amides is 1. The van der Waals surface area contributed by atoms with Crippen LogP contribution in [0.1, 0.15) is 23.3 Å². The van der Waals surface area contributed by atoms with E-state index in [4.69, 9.17) is 5.11 Å². The first-order valence-corrected chi connectivity index (χ1v) is 5.06. The third-order valence-corrected chi connectivity index (χ3v) is 3.46. The first-order chi connectivity index (χ1) is 7.56. The molecule has 3 rings (SSSR count). The number of H-pyrrole nitrogens is 1. The number of carbonyl (C=O) groups excluding carboxylic acids is 1. The number of aromatic carboxylic acids is 1. The van der Waals surface area contributed by atoms with Gasteiger partial charge in [-0.2, -0.15) is 0 Å². The molecule has 84 valence electrons. The van der Waals surface area contributed by atoms with Crippen molar-refractivity contribution in [3.63, 3.8) is 0 Å². The van der Waals surface area contributed by atoms with Gasteiger partial charge in [0, 0.05) is 13.2 Å². The maximum atomic E-state index is 11.9. The zero-order valence-electron chi connectivity index (χ0n) is 8.70. The molecule has 0 radical (unpaired) electrons. The number of nitrogens with one attached hydrogen (secondary N) is 2. The van der Waals surface area contributed by atoms with Crippen LogP contribution in [0.2, 0.25) is 0 Å².